The van der Waals surface area contributed by atoms with Crippen molar-refractivity contribution in [3.05, 3.63) is 88.8 Å². The van der Waals surface area contributed by atoms with Gasteiger partial charge in [0.2, 0.25) is 5.89 Å². The number of aryl methyl sites for hydroxylation is 1. The Balaban J connectivity index is 1.52. The minimum Gasteiger partial charge on any atom is -0.441 e. The van der Waals surface area contributed by atoms with Crippen LogP contribution in [0.25, 0.3) is 28.3 Å². The van der Waals surface area contributed by atoms with E-state index in [0.29, 0.717) is 28.0 Å². The van der Waals surface area contributed by atoms with Gasteiger partial charge in [0.1, 0.15) is 5.76 Å². The van der Waals surface area contributed by atoms with E-state index < -0.39 is 0 Å². The van der Waals surface area contributed by atoms with Crippen LogP contribution in [0.4, 0.5) is 0 Å². The molecular formula is C22H17N5O2S. The molecule has 5 aromatic rings. The van der Waals surface area contributed by atoms with Crippen LogP contribution >= 0.6 is 11.8 Å². The molecule has 7 nitrogen and oxygen atoms in total. The molecule has 0 saturated carbocycles. The van der Waals surface area contributed by atoms with Gasteiger partial charge in [-0.2, -0.15) is 0 Å². The largest absolute Gasteiger partial charge is 0.441 e. The molecule has 0 aliphatic rings. The molecule has 1 N–H and O–H groups in total. The van der Waals surface area contributed by atoms with E-state index in [1.54, 1.807) is 0 Å². The second-order valence-electron chi connectivity index (χ2n) is 6.65. The Bertz CT molecular complexity index is 1370. The number of imidazole rings is 1. The van der Waals surface area contributed by atoms with Crippen LogP contribution in [0.15, 0.2) is 81.4 Å². The Kier molecular flexibility index (Phi) is 4.68. The van der Waals surface area contributed by atoms with E-state index in [1.807, 2.05) is 72.2 Å². The van der Waals surface area contributed by atoms with Crippen molar-refractivity contribution in [2.75, 3.05) is 0 Å². The smallest absolute Gasteiger partial charge is 0.278 e. The number of para-hydroxylation sites is 1. The third-order valence-corrected chi connectivity index (χ3v) is 5.64. The quantitative estimate of drug-likeness (QED) is 0.429. The fraction of sp³-hybridized carbons (Fsp3) is 0.0909. The highest BCUT2D eigenvalue weighted by molar-refractivity contribution is 7.98. The number of hydrogen-bond donors (Lipinski definition) is 1. The summed E-state index contributed by atoms with van der Waals surface area (Å²) in [6.45, 7) is 1.90. The van der Waals surface area contributed by atoms with Crippen LogP contribution in [0.3, 0.4) is 0 Å². The van der Waals surface area contributed by atoms with Crippen molar-refractivity contribution >= 4 is 22.9 Å². The average Bonchev–Trinajstić information content (AvgIpc) is 3.34. The summed E-state index contributed by atoms with van der Waals surface area (Å²) in [5.74, 6) is 1.91. The van der Waals surface area contributed by atoms with E-state index in [0.717, 1.165) is 22.7 Å². The molecule has 0 aliphatic heterocycles. The van der Waals surface area contributed by atoms with E-state index >= 15 is 0 Å². The maximum atomic E-state index is 12.3. The van der Waals surface area contributed by atoms with Gasteiger partial charge in [-0.15, -0.1) is 0 Å². The molecule has 0 fully saturated rings. The lowest BCUT2D eigenvalue weighted by Gasteiger charge is -2.07. The molecule has 0 unspecified atom stereocenters. The van der Waals surface area contributed by atoms with Crippen LogP contribution in [0.5, 0.6) is 0 Å². The van der Waals surface area contributed by atoms with Crippen molar-refractivity contribution in [1.29, 1.82) is 0 Å². The number of hydrogen-bond acceptors (Lipinski definition) is 6. The maximum absolute atomic E-state index is 12.3. The molecule has 0 aliphatic carbocycles. The Morgan fingerprint density at radius 1 is 1.03 bits per heavy atom. The monoisotopic (exact) mass is 415 g/mol. The highest BCUT2D eigenvalue weighted by Crippen LogP contribution is 2.30. The summed E-state index contributed by atoms with van der Waals surface area (Å²) in [5.41, 5.74) is 3.24. The average molecular weight is 415 g/mol. The fourth-order valence-electron chi connectivity index (χ4n) is 3.19. The maximum Gasteiger partial charge on any atom is 0.278 e. The first-order valence-corrected chi connectivity index (χ1v) is 10.4. The number of H-pyrrole nitrogens is 1. The first-order valence-electron chi connectivity index (χ1n) is 9.37. The van der Waals surface area contributed by atoms with Crippen LogP contribution in [0.1, 0.15) is 11.5 Å². The van der Waals surface area contributed by atoms with Crippen molar-refractivity contribution in [2.45, 2.75) is 17.8 Å². The van der Waals surface area contributed by atoms with Gasteiger partial charge < -0.3 is 9.40 Å². The molecule has 0 radical (unpaired) electrons. The zero-order chi connectivity index (χ0) is 20.5. The van der Waals surface area contributed by atoms with E-state index in [4.69, 9.17) is 4.42 Å². The van der Waals surface area contributed by atoms with Gasteiger partial charge in [0.25, 0.3) is 5.56 Å². The van der Waals surface area contributed by atoms with Crippen molar-refractivity contribution in [1.82, 2.24) is 24.5 Å². The molecule has 8 heteroatoms. The van der Waals surface area contributed by atoms with Crippen molar-refractivity contribution in [2.24, 2.45) is 0 Å². The van der Waals surface area contributed by atoms with Crippen molar-refractivity contribution in [3.63, 3.8) is 0 Å². The number of nitrogens with one attached hydrogen (secondary N) is 1. The van der Waals surface area contributed by atoms with Crippen LogP contribution in [-0.2, 0) is 5.75 Å². The standard InChI is InChI=1S/C22H17N5O2S/c1-14-17(25-21(29-14)15-8-4-2-5-9-15)12-30-22-26-18-19(23-13-24-20(18)28)27(22)16-10-6-3-7-11-16/h2-11,13H,12H2,1H3,(H,23,24,28). The highest BCUT2D eigenvalue weighted by Gasteiger charge is 2.18. The lowest BCUT2D eigenvalue weighted by Crippen LogP contribution is -2.07. The minimum absolute atomic E-state index is 0.263. The summed E-state index contributed by atoms with van der Waals surface area (Å²) in [6.07, 6.45) is 1.40. The second-order valence-corrected chi connectivity index (χ2v) is 7.59. The van der Waals surface area contributed by atoms with E-state index in [9.17, 15) is 4.79 Å². The topological polar surface area (TPSA) is 89.6 Å². The number of aromatic amines is 1. The molecule has 2 aromatic carbocycles. The number of thioether (sulfide) groups is 1. The van der Waals surface area contributed by atoms with Crippen molar-refractivity contribution < 1.29 is 4.42 Å². The third-order valence-electron chi connectivity index (χ3n) is 4.69. The summed E-state index contributed by atoms with van der Waals surface area (Å²) in [4.78, 5) is 28.4. The molecule has 0 spiro atoms. The van der Waals surface area contributed by atoms with Gasteiger partial charge in [0.15, 0.2) is 16.3 Å². The lowest BCUT2D eigenvalue weighted by molar-refractivity contribution is 0.540. The Labute approximate surface area is 175 Å². The molecule has 0 atom stereocenters. The summed E-state index contributed by atoms with van der Waals surface area (Å²) in [5, 5.41) is 0.670. The van der Waals surface area contributed by atoms with Gasteiger partial charge in [-0.1, -0.05) is 48.2 Å². The van der Waals surface area contributed by atoms with Crippen LogP contribution in [0.2, 0.25) is 0 Å². The third kappa shape index (κ3) is 3.31. The Morgan fingerprint density at radius 2 is 1.77 bits per heavy atom. The van der Waals surface area contributed by atoms with E-state index in [1.165, 1.54) is 18.1 Å². The van der Waals surface area contributed by atoms with Gasteiger partial charge in [-0.3, -0.25) is 9.36 Å². The normalized spacial score (nSPS) is 11.2. The molecule has 0 saturated heterocycles. The minimum atomic E-state index is -0.263. The molecule has 30 heavy (non-hydrogen) atoms. The van der Waals surface area contributed by atoms with Gasteiger partial charge in [-0.05, 0) is 31.2 Å². The van der Waals surface area contributed by atoms with Gasteiger partial charge in [-0.25, -0.2) is 15.0 Å². The predicted octanol–water partition coefficient (Wildman–Crippen LogP) is 4.36. The molecule has 0 amide bonds. The number of oxazole rings is 1. The SMILES string of the molecule is Cc1oc(-c2ccccc2)nc1CSc1nc2c(=O)[nH]cnc2n1-c1ccccc1. The summed E-state index contributed by atoms with van der Waals surface area (Å²) < 4.78 is 7.75. The highest BCUT2D eigenvalue weighted by atomic mass is 32.2. The fourth-order valence-corrected chi connectivity index (χ4v) is 4.20. The van der Waals surface area contributed by atoms with Gasteiger partial charge in [0, 0.05) is 17.0 Å². The summed E-state index contributed by atoms with van der Waals surface area (Å²) in [6, 6.07) is 19.6. The number of nitrogens with zero attached hydrogens (tertiary/aromatic N) is 4. The zero-order valence-corrected chi connectivity index (χ0v) is 16.9. The number of fused-ring (bicyclic) bond motifs is 1. The molecule has 5 rings (SSSR count). The molecule has 3 aromatic heterocycles. The second kappa shape index (κ2) is 7.64. The van der Waals surface area contributed by atoms with Gasteiger partial charge in [0.05, 0.1) is 12.0 Å². The zero-order valence-electron chi connectivity index (χ0n) is 16.1. The predicted molar refractivity (Wildman–Crippen MR) is 116 cm³/mol. The first-order chi connectivity index (χ1) is 14.7. The van der Waals surface area contributed by atoms with Crippen LogP contribution in [0, 0.1) is 6.92 Å². The van der Waals surface area contributed by atoms with Crippen LogP contribution < -0.4 is 5.56 Å². The molecule has 0 bridgehead atoms. The number of benzene rings is 2. The van der Waals surface area contributed by atoms with Crippen molar-refractivity contribution in [3.8, 4) is 17.1 Å². The molecular weight excluding hydrogens is 398 g/mol. The first kappa shape index (κ1) is 18.4. The lowest BCUT2D eigenvalue weighted by atomic mass is 10.2. The summed E-state index contributed by atoms with van der Waals surface area (Å²) >= 11 is 1.49. The number of aromatic nitrogens is 5. The number of rotatable bonds is 5. The summed E-state index contributed by atoms with van der Waals surface area (Å²) in [7, 11) is 0. The Morgan fingerprint density at radius 3 is 2.53 bits per heavy atom. The Hall–Kier alpha value is -3.65. The molecule has 148 valence electrons. The van der Waals surface area contributed by atoms with E-state index in [2.05, 4.69) is 19.9 Å². The van der Waals surface area contributed by atoms with E-state index in [-0.39, 0.29) is 5.56 Å². The molecule has 3 heterocycles. The van der Waals surface area contributed by atoms with Gasteiger partial charge >= 0.3 is 0 Å². The van der Waals surface area contributed by atoms with Crippen LogP contribution in [-0.4, -0.2) is 24.5 Å².